The number of methoxy groups -OCH3 is 1. The Hall–Kier alpha value is -1.49. The minimum absolute atomic E-state index is 0.0123. The van der Waals surface area contributed by atoms with Crippen LogP contribution in [0.15, 0.2) is 24.3 Å². The first-order valence-electron chi connectivity index (χ1n) is 7.73. The second kappa shape index (κ2) is 5.61. The van der Waals surface area contributed by atoms with Gasteiger partial charge >= 0.3 is 5.97 Å². The number of rotatable bonds is 2. The van der Waals surface area contributed by atoms with E-state index < -0.39 is 5.92 Å². The van der Waals surface area contributed by atoms with Crippen molar-refractivity contribution in [3.63, 3.8) is 0 Å². The SMILES string of the molecule is COC(=O)c1ccc([C@H]2CC3(CCN2)CCC(F)(F)C3)cc1. The third kappa shape index (κ3) is 3.00. The lowest BCUT2D eigenvalue weighted by Gasteiger charge is -2.39. The van der Waals surface area contributed by atoms with Gasteiger partial charge in [0, 0.05) is 18.9 Å². The number of ether oxygens (including phenoxy) is 1. The van der Waals surface area contributed by atoms with E-state index in [9.17, 15) is 13.6 Å². The minimum Gasteiger partial charge on any atom is -0.465 e. The lowest BCUT2D eigenvalue weighted by Crippen LogP contribution is -2.38. The number of halogens is 2. The molecule has 120 valence electrons. The van der Waals surface area contributed by atoms with Crippen LogP contribution in [0.1, 0.15) is 54.1 Å². The fourth-order valence-electron chi connectivity index (χ4n) is 3.88. The molecule has 0 radical (unpaired) electrons. The van der Waals surface area contributed by atoms with Crippen molar-refractivity contribution in [1.29, 1.82) is 0 Å². The summed E-state index contributed by atoms with van der Waals surface area (Å²) in [7, 11) is 1.35. The van der Waals surface area contributed by atoms with Crippen molar-refractivity contribution < 1.29 is 18.3 Å². The van der Waals surface area contributed by atoms with E-state index in [1.807, 2.05) is 12.1 Å². The maximum absolute atomic E-state index is 13.6. The Morgan fingerprint density at radius 1 is 1.23 bits per heavy atom. The Balaban J connectivity index is 1.74. The average Bonchev–Trinajstić information content (AvgIpc) is 2.81. The number of alkyl halides is 2. The molecule has 1 aliphatic carbocycles. The fourth-order valence-corrected chi connectivity index (χ4v) is 3.88. The van der Waals surface area contributed by atoms with Gasteiger partial charge in [-0.05, 0) is 48.9 Å². The maximum atomic E-state index is 13.6. The Morgan fingerprint density at radius 2 is 1.95 bits per heavy atom. The summed E-state index contributed by atoms with van der Waals surface area (Å²) in [5.74, 6) is -2.87. The number of hydrogen-bond acceptors (Lipinski definition) is 3. The molecule has 1 spiro atoms. The molecular weight excluding hydrogens is 288 g/mol. The molecule has 2 fully saturated rings. The highest BCUT2D eigenvalue weighted by molar-refractivity contribution is 5.89. The predicted octanol–water partition coefficient (Wildman–Crippen LogP) is 3.70. The number of carbonyl (C=O) groups is 1. The van der Waals surface area contributed by atoms with Crippen molar-refractivity contribution in [1.82, 2.24) is 5.32 Å². The topological polar surface area (TPSA) is 38.3 Å². The molecule has 3 nitrogen and oxygen atoms in total. The molecule has 1 heterocycles. The highest BCUT2D eigenvalue weighted by Crippen LogP contribution is 2.54. The third-order valence-corrected chi connectivity index (χ3v) is 5.07. The molecule has 2 atom stereocenters. The monoisotopic (exact) mass is 309 g/mol. The molecule has 5 heteroatoms. The Bertz CT molecular complexity index is 558. The van der Waals surface area contributed by atoms with Crippen LogP contribution in [0.25, 0.3) is 0 Å². The standard InChI is InChI=1S/C17H21F2NO2/c1-22-15(21)13-4-2-12(3-5-13)14-10-16(8-9-20-14)6-7-17(18,19)11-16/h2-5,14,20H,6-11H2,1H3/t14-,16?/m1/s1. The van der Waals surface area contributed by atoms with Crippen LogP contribution in [-0.2, 0) is 4.74 Å². The normalized spacial score (nSPS) is 30.4. The average molecular weight is 309 g/mol. The molecule has 0 amide bonds. The van der Waals surface area contributed by atoms with Gasteiger partial charge in [-0.25, -0.2) is 13.6 Å². The van der Waals surface area contributed by atoms with Gasteiger partial charge in [-0.15, -0.1) is 0 Å². The van der Waals surface area contributed by atoms with Crippen LogP contribution in [0, 0.1) is 5.41 Å². The van der Waals surface area contributed by atoms with Crippen molar-refractivity contribution in [2.24, 2.45) is 5.41 Å². The quantitative estimate of drug-likeness (QED) is 0.847. The van der Waals surface area contributed by atoms with E-state index in [0.717, 1.165) is 24.9 Å². The summed E-state index contributed by atoms with van der Waals surface area (Å²) < 4.78 is 31.9. The van der Waals surface area contributed by atoms with Crippen LogP contribution >= 0.6 is 0 Å². The van der Waals surface area contributed by atoms with Crippen molar-refractivity contribution in [2.75, 3.05) is 13.7 Å². The van der Waals surface area contributed by atoms with Gasteiger partial charge in [-0.2, -0.15) is 0 Å². The van der Waals surface area contributed by atoms with E-state index in [-0.39, 0.29) is 30.3 Å². The summed E-state index contributed by atoms with van der Waals surface area (Å²) in [4.78, 5) is 11.5. The zero-order valence-electron chi connectivity index (χ0n) is 12.7. The fraction of sp³-hybridized carbons (Fsp3) is 0.588. The summed E-state index contributed by atoms with van der Waals surface area (Å²) in [5, 5.41) is 3.42. The van der Waals surface area contributed by atoms with E-state index in [2.05, 4.69) is 10.1 Å². The van der Waals surface area contributed by atoms with Gasteiger partial charge in [0.1, 0.15) is 0 Å². The molecule has 0 bridgehead atoms. The molecule has 1 aliphatic heterocycles. The van der Waals surface area contributed by atoms with Crippen LogP contribution < -0.4 is 5.32 Å². The van der Waals surface area contributed by atoms with Gasteiger partial charge in [-0.3, -0.25) is 0 Å². The second-order valence-corrected chi connectivity index (χ2v) is 6.61. The highest BCUT2D eigenvalue weighted by Gasteiger charge is 2.50. The first kappa shape index (κ1) is 15.4. The first-order chi connectivity index (χ1) is 10.4. The zero-order chi connectivity index (χ0) is 15.8. The van der Waals surface area contributed by atoms with E-state index >= 15 is 0 Å². The van der Waals surface area contributed by atoms with Crippen molar-refractivity contribution in [2.45, 2.75) is 44.1 Å². The lowest BCUT2D eigenvalue weighted by atomic mass is 9.73. The van der Waals surface area contributed by atoms with Gasteiger partial charge in [0.25, 0.3) is 0 Å². The summed E-state index contributed by atoms with van der Waals surface area (Å²) in [5.41, 5.74) is 1.31. The molecule has 1 saturated heterocycles. The van der Waals surface area contributed by atoms with Crippen LogP contribution in [0.2, 0.25) is 0 Å². The molecule has 1 saturated carbocycles. The first-order valence-corrected chi connectivity index (χ1v) is 7.73. The number of hydrogen-bond donors (Lipinski definition) is 1. The van der Waals surface area contributed by atoms with Gasteiger partial charge in [0.15, 0.2) is 0 Å². The third-order valence-electron chi connectivity index (χ3n) is 5.07. The number of carbonyl (C=O) groups excluding carboxylic acids is 1. The summed E-state index contributed by atoms with van der Waals surface area (Å²) in [6.07, 6.45) is 2.19. The Morgan fingerprint density at radius 3 is 2.55 bits per heavy atom. The molecule has 2 aliphatic rings. The summed E-state index contributed by atoms with van der Waals surface area (Å²) in [6, 6.07) is 7.31. The molecule has 1 aromatic carbocycles. The van der Waals surface area contributed by atoms with Crippen molar-refractivity contribution in [3.8, 4) is 0 Å². The Kier molecular flexibility index (Phi) is 3.93. The maximum Gasteiger partial charge on any atom is 0.337 e. The van der Waals surface area contributed by atoms with Crippen LogP contribution in [-0.4, -0.2) is 25.5 Å². The molecule has 0 aromatic heterocycles. The minimum atomic E-state index is -2.50. The molecule has 3 rings (SSSR count). The smallest absolute Gasteiger partial charge is 0.337 e. The second-order valence-electron chi connectivity index (χ2n) is 6.61. The van der Waals surface area contributed by atoms with Crippen molar-refractivity contribution in [3.05, 3.63) is 35.4 Å². The van der Waals surface area contributed by atoms with Crippen LogP contribution in [0.3, 0.4) is 0 Å². The molecule has 22 heavy (non-hydrogen) atoms. The van der Waals surface area contributed by atoms with Gasteiger partial charge in [0.05, 0.1) is 12.7 Å². The molecular formula is C17H21F2NO2. The zero-order valence-corrected chi connectivity index (χ0v) is 12.7. The number of piperidine rings is 1. The van der Waals surface area contributed by atoms with Gasteiger partial charge < -0.3 is 10.1 Å². The highest BCUT2D eigenvalue weighted by atomic mass is 19.3. The molecule has 1 unspecified atom stereocenters. The summed E-state index contributed by atoms with van der Waals surface area (Å²) >= 11 is 0. The van der Waals surface area contributed by atoms with Crippen molar-refractivity contribution >= 4 is 5.97 Å². The number of esters is 1. The van der Waals surface area contributed by atoms with Crippen LogP contribution in [0.4, 0.5) is 8.78 Å². The van der Waals surface area contributed by atoms with Crippen LogP contribution in [0.5, 0.6) is 0 Å². The van der Waals surface area contributed by atoms with E-state index in [1.165, 1.54) is 7.11 Å². The number of benzene rings is 1. The van der Waals surface area contributed by atoms with E-state index in [1.54, 1.807) is 12.1 Å². The van der Waals surface area contributed by atoms with E-state index in [4.69, 9.17) is 0 Å². The van der Waals surface area contributed by atoms with E-state index in [0.29, 0.717) is 12.0 Å². The van der Waals surface area contributed by atoms with Gasteiger partial charge in [0.2, 0.25) is 5.92 Å². The largest absolute Gasteiger partial charge is 0.465 e. The van der Waals surface area contributed by atoms with Gasteiger partial charge in [-0.1, -0.05) is 12.1 Å². The summed E-state index contributed by atoms with van der Waals surface area (Å²) in [6.45, 7) is 0.763. The molecule has 1 aromatic rings. The predicted molar refractivity (Wildman–Crippen MR) is 79.0 cm³/mol. The Labute approximate surface area is 129 Å². The lowest BCUT2D eigenvalue weighted by molar-refractivity contribution is -0.00992. The molecule has 1 N–H and O–H groups in total. The number of nitrogens with one attached hydrogen (secondary N) is 1.